The molecule has 3 aliphatic rings. The Hall–Kier alpha value is -4.51. The van der Waals surface area contributed by atoms with Gasteiger partial charge in [0.05, 0.1) is 40.9 Å². The van der Waals surface area contributed by atoms with E-state index < -0.39 is 59.4 Å². The lowest BCUT2D eigenvalue weighted by Crippen LogP contribution is -2.61. The summed E-state index contributed by atoms with van der Waals surface area (Å²) in [6, 6.07) is 3.97. The lowest BCUT2D eigenvalue weighted by Gasteiger charge is -2.35. The topological polar surface area (TPSA) is 153 Å². The van der Waals surface area contributed by atoms with Crippen molar-refractivity contribution >= 4 is 45.6 Å². The number of methoxy groups -OCH3 is 1. The molecule has 5 atom stereocenters. The molecule has 5 heterocycles. The van der Waals surface area contributed by atoms with Crippen LogP contribution in [0.5, 0.6) is 0 Å². The van der Waals surface area contributed by atoms with Gasteiger partial charge < -0.3 is 30.4 Å². The maximum absolute atomic E-state index is 14.1. The van der Waals surface area contributed by atoms with Crippen molar-refractivity contribution in [3.63, 3.8) is 0 Å². The molecule has 5 N–H and O–H groups in total. The van der Waals surface area contributed by atoms with Gasteiger partial charge in [-0.2, -0.15) is 13.2 Å². The number of esters is 1. The summed E-state index contributed by atoms with van der Waals surface area (Å²) in [5.41, 5.74) is 14.9. The number of nitrogens with zero attached hydrogens (tertiary/aromatic N) is 3. The molecule has 0 spiro atoms. The molecule has 6 rings (SSSR count). The van der Waals surface area contributed by atoms with Crippen LogP contribution in [-0.2, 0) is 43.2 Å². The van der Waals surface area contributed by atoms with Crippen LogP contribution in [0.4, 0.5) is 13.2 Å². The lowest BCUT2D eigenvalue weighted by molar-refractivity contribution is -0.182. The van der Waals surface area contributed by atoms with Crippen LogP contribution < -0.4 is 21.8 Å². The van der Waals surface area contributed by atoms with Gasteiger partial charge in [0.1, 0.15) is 12.1 Å². The summed E-state index contributed by atoms with van der Waals surface area (Å²) in [7, 11) is 1.61. The third kappa shape index (κ3) is 8.98. The van der Waals surface area contributed by atoms with E-state index in [0.717, 1.165) is 33.3 Å². The molecule has 2 saturated heterocycles. The number of fused-ring (bicyclic) bond motifs is 6. The zero-order valence-corrected chi connectivity index (χ0v) is 33.8. The van der Waals surface area contributed by atoms with Crippen LogP contribution in [0.3, 0.4) is 0 Å². The van der Waals surface area contributed by atoms with Gasteiger partial charge in [-0.05, 0) is 50.8 Å². The highest BCUT2D eigenvalue weighted by atomic mass is 32.1. The maximum Gasteiger partial charge on any atom is 0.393 e. The Morgan fingerprint density at radius 3 is 2.75 bits per heavy atom. The summed E-state index contributed by atoms with van der Waals surface area (Å²) in [4.78, 5) is 46.2. The number of hydrogen-bond acceptors (Lipinski definition) is 10. The van der Waals surface area contributed by atoms with E-state index >= 15 is 0 Å². The van der Waals surface area contributed by atoms with Crippen LogP contribution in [-0.4, -0.2) is 90.1 Å². The van der Waals surface area contributed by atoms with Gasteiger partial charge in [0.15, 0.2) is 0 Å². The molecule has 0 saturated carbocycles. The number of thiazole rings is 1. The number of carbonyl (C=O) groups excluding carboxylic acids is 3. The number of hydrazine groups is 1. The van der Waals surface area contributed by atoms with Crippen molar-refractivity contribution in [1.29, 1.82) is 0 Å². The van der Waals surface area contributed by atoms with Crippen LogP contribution in [0.1, 0.15) is 56.8 Å². The second kappa shape index (κ2) is 17.1. The number of halogens is 3. The van der Waals surface area contributed by atoms with E-state index in [9.17, 15) is 27.6 Å². The predicted octanol–water partition coefficient (Wildman–Crippen LogP) is 5.28. The van der Waals surface area contributed by atoms with Crippen LogP contribution in [0.2, 0.25) is 0 Å². The molecule has 6 bridgehead atoms. The smallest absolute Gasteiger partial charge is 0.393 e. The van der Waals surface area contributed by atoms with Crippen molar-refractivity contribution < 1.29 is 37.0 Å². The number of rotatable bonds is 8. The molecular formula is C41H52F3N7O5S. The number of nitrogens with two attached hydrogens (primary N) is 1. The predicted molar refractivity (Wildman–Crippen MR) is 213 cm³/mol. The van der Waals surface area contributed by atoms with E-state index in [2.05, 4.69) is 40.2 Å². The van der Waals surface area contributed by atoms with Crippen molar-refractivity contribution in [3.05, 3.63) is 70.3 Å². The molecule has 57 heavy (non-hydrogen) atoms. The van der Waals surface area contributed by atoms with E-state index in [1.165, 1.54) is 16.3 Å². The Balaban J connectivity index is 1.48. The second-order valence-electron chi connectivity index (χ2n) is 15.7. The van der Waals surface area contributed by atoms with Gasteiger partial charge in [-0.15, -0.1) is 11.3 Å². The van der Waals surface area contributed by atoms with Crippen LogP contribution in [0, 0.1) is 17.3 Å². The molecule has 3 aliphatic heterocycles. The van der Waals surface area contributed by atoms with Gasteiger partial charge in [-0.3, -0.25) is 19.4 Å². The van der Waals surface area contributed by atoms with Gasteiger partial charge in [0.2, 0.25) is 5.91 Å². The second-order valence-corrected chi connectivity index (χ2v) is 16.7. The number of ether oxygens (including phenoxy) is 2. The number of cyclic esters (lactones) is 1. The molecule has 2 fully saturated rings. The first-order valence-corrected chi connectivity index (χ1v) is 20.2. The number of alkyl halides is 3. The Kier molecular flexibility index (Phi) is 12.7. The number of carbonyl (C=O) groups is 3. The fourth-order valence-electron chi connectivity index (χ4n) is 7.91. The van der Waals surface area contributed by atoms with E-state index in [1.54, 1.807) is 13.2 Å². The summed E-state index contributed by atoms with van der Waals surface area (Å²) in [6.45, 7) is 12.2. The van der Waals surface area contributed by atoms with E-state index in [0.29, 0.717) is 42.2 Å². The summed E-state index contributed by atoms with van der Waals surface area (Å²) in [5, 5.41) is 9.91. The van der Waals surface area contributed by atoms with Crippen LogP contribution in [0.25, 0.3) is 27.7 Å². The number of amides is 2. The first-order valence-electron chi connectivity index (χ1n) is 19.3. The third-order valence-electron chi connectivity index (χ3n) is 11.1. The van der Waals surface area contributed by atoms with Gasteiger partial charge in [0.25, 0.3) is 5.91 Å². The van der Waals surface area contributed by atoms with Gasteiger partial charge in [0, 0.05) is 78.2 Å². The maximum atomic E-state index is 14.1. The average molecular weight is 812 g/mol. The molecule has 2 aromatic heterocycles. The van der Waals surface area contributed by atoms with E-state index in [-0.39, 0.29) is 32.7 Å². The minimum atomic E-state index is -4.59. The minimum absolute atomic E-state index is 0.0608. The molecule has 0 radical (unpaired) electrons. The first kappa shape index (κ1) is 42.1. The van der Waals surface area contributed by atoms with E-state index in [1.807, 2.05) is 50.4 Å². The number of benzene rings is 1. The molecule has 3 aromatic rings. The number of allylic oxidation sites excluding steroid dienone is 4. The molecule has 2 amide bonds. The average Bonchev–Trinajstić information content (AvgIpc) is 3.94. The van der Waals surface area contributed by atoms with Crippen molar-refractivity contribution in [2.75, 3.05) is 33.4 Å². The summed E-state index contributed by atoms with van der Waals surface area (Å²) in [5.74, 6) is -5.29. The van der Waals surface area contributed by atoms with Crippen LogP contribution in [0.15, 0.2) is 54.1 Å². The van der Waals surface area contributed by atoms with Gasteiger partial charge >= 0.3 is 12.1 Å². The molecule has 308 valence electrons. The number of hydrogen-bond donors (Lipinski definition) is 4. The summed E-state index contributed by atoms with van der Waals surface area (Å²) < 4.78 is 55.4. The molecule has 1 aromatic carbocycles. The normalized spacial score (nSPS) is 24.2. The quantitative estimate of drug-likeness (QED) is 0.176. The standard InChI is InChI=1S/C41H52F3N7O5S/c1-7-9-11-25(35(45)23(3)55-6)36-27-18-40(4,5)22-56-39(54)30-12-10-15-51(49-30)38(53)31(48-37(52)28-19-46-20-29(28)41(42,43)44)17-34-47-32(21-57-34)24-13-14-33(26(27)16-24)50(36)8-2/h7,9,11,13-14,16,21,23,28-31,46,49H,1,8,10,12,15,17-20,22,45H2,2-6H3,(H,48,52)/b11-9-,35-25+/t23-,28+,29+,30-,31-/m0/s1. The Morgan fingerprint density at radius 1 is 1.28 bits per heavy atom. The van der Waals surface area contributed by atoms with Gasteiger partial charge in [-0.1, -0.05) is 44.7 Å². The zero-order chi connectivity index (χ0) is 41.2. The highest BCUT2D eigenvalue weighted by Crippen LogP contribution is 2.40. The Bertz CT molecular complexity index is 2070. The van der Waals surface area contributed by atoms with Gasteiger partial charge in [-0.25, -0.2) is 10.4 Å². The SMILES string of the molecule is C=C/C=C\C(=C(/N)[C@H](C)OC)c1c2c3cc(ccc3n1CC)-c1csc(n1)C[C@H](NC(=O)[C@@H]1CNC[C@H]1C(F)(F)F)C(=O)N1CCC[C@H](N1)C(=O)OCC(C)(C)C2. The minimum Gasteiger partial charge on any atom is -0.464 e. The Morgan fingerprint density at radius 2 is 2.05 bits per heavy atom. The molecular weight excluding hydrogens is 760 g/mol. The summed E-state index contributed by atoms with van der Waals surface area (Å²) in [6.07, 6.45) is 1.76. The largest absolute Gasteiger partial charge is 0.464 e. The lowest BCUT2D eigenvalue weighted by atomic mass is 9.84. The molecule has 0 aliphatic carbocycles. The fourth-order valence-corrected chi connectivity index (χ4v) is 8.76. The highest BCUT2D eigenvalue weighted by Gasteiger charge is 2.50. The van der Waals surface area contributed by atoms with Crippen molar-refractivity contribution in [2.45, 2.75) is 84.3 Å². The monoisotopic (exact) mass is 811 g/mol. The third-order valence-corrected chi connectivity index (χ3v) is 11.9. The molecule has 12 nitrogen and oxygen atoms in total. The zero-order valence-electron chi connectivity index (χ0n) is 33.0. The van der Waals surface area contributed by atoms with Crippen molar-refractivity contribution in [3.8, 4) is 11.3 Å². The molecule has 0 unspecified atom stereocenters. The van der Waals surface area contributed by atoms with Crippen molar-refractivity contribution in [1.82, 2.24) is 30.6 Å². The van der Waals surface area contributed by atoms with E-state index in [4.69, 9.17) is 20.2 Å². The summed E-state index contributed by atoms with van der Waals surface area (Å²) >= 11 is 1.29. The first-order chi connectivity index (χ1) is 27.1. The highest BCUT2D eigenvalue weighted by molar-refractivity contribution is 7.10. The number of aromatic nitrogens is 2. The number of nitrogens with one attached hydrogen (secondary N) is 3. The fraction of sp³-hybridized carbons (Fsp3) is 0.512. The van der Waals surface area contributed by atoms with Crippen LogP contribution >= 0.6 is 11.3 Å². The van der Waals surface area contributed by atoms with Crippen molar-refractivity contribution in [2.24, 2.45) is 23.0 Å². The Labute approximate surface area is 334 Å². The number of aryl methyl sites for hydroxylation is 1. The molecule has 16 heteroatoms.